The van der Waals surface area contributed by atoms with Crippen molar-refractivity contribution in [3.63, 3.8) is 0 Å². The Morgan fingerprint density at radius 3 is 2.71 bits per heavy atom. The third-order valence-corrected chi connectivity index (χ3v) is 2.95. The number of hydrogen-bond acceptors (Lipinski definition) is 2. The standard InChI is InChI=1S/C14H13N3/c15-13-2-1-3-14-12(13)6-9-17(14)10-11-4-7-16-8-5-11/h1-9H,10,15H2. The molecule has 0 atom stereocenters. The van der Waals surface area contributed by atoms with E-state index in [9.17, 15) is 0 Å². The highest BCUT2D eigenvalue weighted by atomic mass is 15.0. The van der Waals surface area contributed by atoms with Crippen LogP contribution in [0, 0.1) is 0 Å². The second-order valence-electron chi connectivity index (χ2n) is 4.08. The zero-order chi connectivity index (χ0) is 11.7. The van der Waals surface area contributed by atoms with Crippen LogP contribution < -0.4 is 5.73 Å². The summed E-state index contributed by atoms with van der Waals surface area (Å²) in [6, 6.07) is 12.1. The summed E-state index contributed by atoms with van der Waals surface area (Å²) >= 11 is 0. The van der Waals surface area contributed by atoms with E-state index in [-0.39, 0.29) is 0 Å². The van der Waals surface area contributed by atoms with Crippen molar-refractivity contribution in [3.8, 4) is 0 Å². The van der Waals surface area contributed by atoms with Crippen molar-refractivity contribution in [3.05, 3.63) is 60.6 Å². The molecule has 0 saturated carbocycles. The van der Waals surface area contributed by atoms with Crippen LogP contribution in [0.15, 0.2) is 55.0 Å². The summed E-state index contributed by atoms with van der Waals surface area (Å²) in [6.45, 7) is 0.843. The van der Waals surface area contributed by atoms with Gasteiger partial charge in [-0.2, -0.15) is 0 Å². The Morgan fingerprint density at radius 2 is 1.88 bits per heavy atom. The molecule has 0 amide bonds. The Morgan fingerprint density at radius 1 is 1.06 bits per heavy atom. The molecule has 17 heavy (non-hydrogen) atoms. The van der Waals surface area contributed by atoms with Gasteiger partial charge in [-0.05, 0) is 35.9 Å². The number of pyridine rings is 1. The van der Waals surface area contributed by atoms with Crippen LogP contribution in [-0.4, -0.2) is 9.55 Å². The summed E-state index contributed by atoms with van der Waals surface area (Å²) in [6.07, 6.45) is 5.70. The van der Waals surface area contributed by atoms with Crippen molar-refractivity contribution >= 4 is 16.6 Å². The molecule has 2 N–H and O–H groups in total. The fraction of sp³-hybridized carbons (Fsp3) is 0.0714. The van der Waals surface area contributed by atoms with Crippen molar-refractivity contribution in [2.45, 2.75) is 6.54 Å². The largest absolute Gasteiger partial charge is 0.398 e. The van der Waals surface area contributed by atoms with E-state index >= 15 is 0 Å². The first-order chi connectivity index (χ1) is 8.34. The van der Waals surface area contributed by atoms with Crippen LogP contribution in [0.25, 0.3) is 10.9 Å². The molecule has 0 radical (unpaired) electrons. The third-order valence-electron chi connectivity index (χ3n) is 2.95. The molecule has 3 nitrogen and oxygen atoms in total. The number of nitrogen functional groups attached to an aromatic ring is 1. The molecule has 3 heteroatoms. The molecule has 1 aromatic carbocycles. The minimum atomic E-state index is 0.830. The molecule has 0 saturated heterocycles. The van der Waals surface area contributed by atoms with Crippen molar-refractivity contribution in [2.75, 3.05) is 5.73 Å². The first-order valence-electron chi connectivity index (χ1n) is 5.57. The molecule has 3 rings (SSSR count). The average Bonchev–Trinajstić information content (AvgIpc) is 2.76. The van der Waals surface area contributed by atoms with E-state index in [4.69, 9.17) is 5.73 Å². The van der Waals surface area contributed by atoms with E-state index in [0.29, 0.717) is 0 Å². The van der Waals surface area contributed by atoms with Gasteiger partial charge < -0.3 is 10.3 Å². The van der Waals surface area contributed by atoms with E-state index in [0.717, 1.165) is 17.6 Å². The van der Waals surface area contributed by atoms with Crippen LogP contribution in [0.5, 0.6) is 0 Å². The summed E-state index contributed by atoms with van der Waals surface area (Å²) in [7, 11) is 0. The summed E-state index contributed by atoms with van der Waals surface area (Å²) in [5.74, 6) is 0. The summed E-state index contributed by atoms with van der Waals surface area (Å²) in [5, 5.41) is 1.11. The van der Waals surface area contributed by atoms with Crippen LogP contribution in [-0.2, 0) is 6.54 Å². The average molecular weight is 223 g/mol. The smallest absolute Gasteiger partial charge is 0.0504 e. The van der Waals surface area contributed by atoms with Crippen LogP contribution >= 0.6 is 0 Å². The van der Waals surface area contributed by atoms with Crippen molar-refractivity contribution in [1.29, 1.82) is 0 Å². The van der Waals surface area contributed by atoms with Gasteiger partial charge in [0.15, 0.2) is 0 Å². The number of fused-ring (bicyclic) bond motifs is 1. The van der Waals surface area contributed by atoms with Gasteiger partial charge in [0, 0.05) is 36.2 Å². The fourth-order valence-electron chi connectivity index (χ4n) is 2.07. The Labute approximate surface area is 99.5 Å². The van der Waals surface area contributed by atoms with E-state index in [1.807, 2.05) is 36.7 Å². The summed E-state index contributed by atoms with van der Waals surface area (Å²) in [5.41, 5.74) is 9.17. The van der Waals surface area contributed by atoms with Crippen LogP contribution in [0.3, 0.4) is 0 Å². The second kappa shape index (κ2) is 3.94. The SMILES string of the molecule is Nc1cccc2c1ccn2Cc1ccncc1. The number of nitrogens with zero attached hydrogens (tertiary/aromatic N) is 2. The van der Waals surface area contributed by atoms with Gasteiger partial charge in [-0.3, -0.25) is 4.98 Å². The lowest BCUT2D eigenvalue weighted by Crippen LogP contribution is -1.97. The number of anilines is 1. The number of hydrogen-bond donors (Lipinski definition) is 1. The maximum absolute atomic E-state index is 5.94. The zero-order valence-electron chi connectivity index (χ0n) is 9.38. The molecule has 0 fully saturated rings. The van der Waals surface area contributed by atoms with E-state index in [1.165, 1.54) is 11.1 Å². The monoisotopic (exact) mass is 223 g/mol. The molecule has 0 aliphatic carbocycles. The molecular formula is C14H13N3. The molecule has 2 aromatic heterocycles. The zero-order valence-corrected chi connectivity index (χ0v) is 9.38. The van der Waals surface area contributed by atoms with Crippen molar-refractivity contribution in [2.24, 2.45) is 0 Å². The van der Waals surface area contributed by atoms with Gasteiger partial charge in [-0.1, -0.05) is 6.07 Å². The summed E-state index contributed by atoms with van der Waals surface area (Å²) < 4.78 is 2.20. The molecule has 0 aliphatic heterocycles. The molecule has 84 valence electrons. The lowest BCUT2D eigenvalue weighted by atomic mass is 10.2. The molecule has 2 heterocycles. The Bertz CT molecular complexity index is 641. The van der Waals surface area contributed by atoms with Gasteiger partial charge in [0.25, 0.3) is 0 Å². The van der Waals surface area contributed by atoms with Gasteiger partial charge in [0.2, 0.25) is 0 Å². The minimum absolute atomic E-state index is 0.830. The maximum Gasteiger partial charge on any atom is 0.0504 e. The lowest BCUT2D eigenvalue weighted by Gasteiger charge is -2.05. The normalized spacial score (nSPS) is 10.8. The molecular weight excluding hydrogens is 210 g/mol. The molecule has 0 aliphatic rings. The Balaban J connectivity index is 2.05. The Kier molecular flexibility index (Phi) is 2.29. The van der Waals surface area contributed by atoms with Gasteiger partial charge in [0.05, 0.1) is 5.52 Å². The van der Waals surface area contributed by atoms with Crippen molar-refractivity contribution < 1.29 is 0 Å². The van der Waals surface area contributed by atoms with Gasteiger partial charge in [0.1, 0.15) is 0 Å². The first kappa shape index (κ1) is 9.90. The summed E-state index contributed by atoms with van der Waals surface area (Å²) in [4.78, 5) is 4.02. The molecule has 0 bridgehead atoms. The highest BCUT2D eigenvalue weighted by Gasteiger charge is 2.03. The molecule has 0 unspecified atom stereocenters. The van der Waals surface area contributed by atoms with E-state index < -0.39 is 0 Å². The Hall–Kier alpha value is -2.29. The molecule has 3 aromatic rings. The highest BCUT2D eigenvalue weighted by molar-refractivity contribution is 5.91. The first-order valence-corrected chi connectivity index (χ1v) is 5.57. The lowest BCUT2D eigenvalue weighted by molar-refractivity contribution is 0.835. The van der Waals surface area contributed by atoms with Gasteiger partial charge in [-0.15, -0.1) is 0 Å². The second-order valence-corrected chi connectivity index (χ2v) is 4.08. The predicted molar refractivity (Wildman–Crippen MR) is 69.7 cm³/mol. The molecule has 0 spiro atoms. The maximum atomic E-state index is 5.94. The third kappa shape index (κ3) is 1.76. The van der Waals surface area contributed by atoms with E-state index in [1.54, 1.807) is 0 Å². The van der Waals surface area contributed by atoms with Gasteiger partial charge >= 0.3 is 0 Å². The van der Waals surface area contributed by atoms with Crippen LogP contribution in [0.4, 0.5) is 5.69 Å². The number of rotatable bonds is 2. The quantitative estimate of drug-likeness (QED) is 0.679. The number of benzene rings is 1. The number of aromatic nitrogens is 2. The minimum Gasteiger partial charge on any atom is -0.398 e. The van der Waals surface area contributed by atoms with E-state index in [2.05, 4.69) is 27.9 Å². The number of nitrogens with two attached hydrogens (primary N) is 1. The van der Waals surface area contributed by atoms with Crippen LogP contribution in [0.1, 0.15) is 5.56 Å². The predicted octanol–water partition coefficient (Wildman–Crippen LogP) is 2.67. The van der Waals surface area contributed by atoms with Crippen molar-refractivity contribution in [1.82, 2.24) is 9.55 Å². The van der Waals surface area contributed by atoms with Crippen LogP contribution in [0.2, 0.25) is 0 Å². The fourth-order valence-corrected chi connectivity index (χ4v) is 2.07. The highest BCUT2D eigenvalue weighted by Crippen LogP contribution is 2.22. The van der Waals surface area contributed by atoms with Gasteiger partial charge in [-0.25, -0.2) is 0 Å². The topological polar surface area (TPSA) is 43.8 Å².